The van der Waals surface area contributed by atoms with E-state index in [0.717, 1.165) is 18.7 Å². The summed E-state index contributed by atoms with van der Waals surface area (Å²) in [5, 5.41) is 10.8. The van der Waals surface area contributed by atoms with Crippen molar-refractivity contribution in [2.45, 2.75) is 26.3 Å². The first-order chi connectivity index (χ1) is 10.6. The lowest BCUT2D eigenvalue weighted by Gasteiger charge is -2.31. The number of rotatable bonds is 6. The molecule has 5 nitrogen and oxygen atoms in total. The molecule has 1 aromatic rings. The number of carboxylic acids is 1. The van der Waals surface area contributed by atoms with Crippen LogP contribution in [0, 0.1) is 5.92 Å². The minimum absolute atomic E-state index is 0.133. The van der Waals surface area contributed by atoms with Crippen LogP contribution in [0.4, 0.5) is 0 Å². The van der Waals surface area contributed by atoms with Crippen LogP contribution < -0.4 is 10.0 Å². The number of carboxylic acid groups (broad SMARTS) is 1. The van der Waals surface area contributed by atoms with Gasteiger partial charge in [0.1, 0.15) is 0 Å². The first-order valence-corrected chi connectivity index (χ1v) is 7.96. The quantitative estimate of drug-likeness (QED) is 0.739. The zero-order valence-corrected chi connectivity index (χ0v) is 13.1. The van der Waals surface area contributed by atoms with Crippen LogP contribution in [0.1, 0.15) is 25.3 Å². The van der Waals surface area contributed by atoms with Gasteiger partial charge in [0.2, 0.25) is 0 Å². The fourth-order valence-corrected chi connectivity index (χ4v) is 2.94. The Morgan fingerprint density at radius 2 is 1.86 bits per heavy atom. The monoisotopic (exact) mass is 304 g/mol. The van der Waals surface area contributed by atoms with Crippen molar-refractivity contribution >= 4 is 11.9 Å². The van der Waals surface area contributed by atoms with Crippen LogP contribution in [0.15, 0.2) is 30.3 Å². The molecule has 1 N–H and O–H groups in total. The number of hydrogen-bond acceptors (Lipinski definition) is 3. The van der Waals surface area contributed by atoms with Crippen molar-refractivity contribution in [3.05, 3.63) is 35.9 Å². The average molecular weight is 304 g/mol. The number of amides is 1. The van der Waals surface area contributed by atoms with E-state index >= 15 is 0 Å². The Hall–Kier alpha value is -1.88. The largest absolute Gasteiger partial charge is 0.550 e. The van der Waals surface area contributed by atoms with Crippen molar-refractivity contribution in [1.82, 2.24) is 4.90 Å². The molecule has 0 radical (unpaired) electrons. The van der Waals surface area contributed by atoms with Crippen LogP contribution in [-0.2, 0) is 16.1 Å². The lowest BCUT2D eigenvalue weighted by Crippen LogP contribution is -3.14. The number of benzene rings is 1. The highest BCUT2D eigenvalue weighted by Gasteiger charge is 2.26. The van der Waals surface area contributed by atoms with Gasteiger partial charge in [0.05, 0.1) is 13.1 Å². The maximum absolute atomic E-state index is 12.4. The number of carbonyl (C=O) groups is 2. The van der Waals surface area contributed by atoms with Gasteiger partial charge in [-0.25, -0.2) is 0 Å². The van der Waals surface area contributed by atoms with Gasteiger partial charge in [-0.2, -0.15) is 0 Å². The van der Waals surface area contributed by atoms with Crippen molar-refractivity contribution < 1.29 is 19.6 Å². The molecule has 0 aliphatic carbocycles. The third-order valence-electron chi connectivity index (χ3n) is 4.38. The first kappa shape index (κ1) is 16.5. The lowest BCUT2D eigenvalue weighted by atomic mass is 9.97. The van der Waals surface area contributed by atoms with E-state index < -0.39 is 5.97 Å². The fraction of sp³-hybridized carbons (Fsp3) is 0.529. The van der Waals surface area contributed by atoms with Crippen LogP contribution >= 0.6 is 0 Å². The molecule has 22 heavy (non-hydrogen) atoms. The number of hydrogen-bond donors (Lipinski definition) is 1. The SMILES string of the molecule is CCN(Cc1ccccc1)C(=O)C[NH+]1CCC(C(=O)[O-])CC1. The number of piperidine rings is 1. The molecule has 0 spiro atoms. The summed E-state index contributed by atoms with van der Waals surface area (Å²) >= 11 is 0. The molecule has 1 aliphatic heterocycles. The van der Waals surface area contributed by atoms with Crippen molar-refractivity contribution in [3.8, 4) is 0 Å². The molecule has 120 valence electrons. The molecule has 1 fully saturated rings. The van der Waals surface area contributed by atoms with Crippen LogP contribution in [-0.4, -0.2) is 43.0 Å². The molecule has 1 heterocycles. The van der Waals surface area contributed by atoms with E-state index in [4.69, 9.17) is 0 Å². The van der Waals surface area contributed by atoms with E-state index in [0.29, 0.717) is 32.5 Å². The zero-order chi connectivity index (χ0) is 15.9. The Morgan fingerprint density at radius 1 is 1.23 bits per heavy atom. The minimum Gasteiger partial charge on any atom is -0.550 e. The topological polar surface area (TPSA) is 64.9 Å². The number of carbonyl (C=O) groups excluding carboxylic acids is 2. The third kappa shape index (κ3) is 4.56. The van der Waals surface area contributed by atoms with Gasteiger partial charge in [0, 0.05) is 37.8 Å². The van der Waals surface area contributed by atoms with Gasteiger partial charge in [-0.1, -0.05) is 30.3 Å². The van der Waals surface area contributed by atoms with Crippen molar-refractivity contribution in [2.24, 2.45) is 5.92 Å². The Bertz CT molecular complexity index is 496. The molecule has 0 bridgehead atoms. The highest BCUT2D eigenvalue weighted by molar-refractivity contribution is 5.77. The second-order valence-electron chi connectivity index (χ2n) is 5.91. The maximum atomic E-state index is 12.4. The van der Waals surface area contributed by atoms with Crippen molar-refractivity contribution in [2.75, 3.05) is 26.2 Å². The molecule has 0 atom stereocenters. The summed E-state index contributed by atoms with van der Waals surface area (Å²) in [6.45, 7) is 5.20. The normalized spacial score (nSPS) is 21.3. The van der Waals surface area contributed by atoms with Gasteiger partial charge in [-0.15, -0.1) is 0 Å². The van der Waals surface area contributed by atoms with Crippen LogP contribution in [0.5, 0.6) is 0 Å². The Balaban J connectivity index is 1.84. The lowest BCUT2D eigenvalue weighted by molar-refractivity contribution is -0.898. The number of quaternary nitrogens is 1. The summed E-state index contributed by atoms with van der Waals surface area (Å²) in [6.07, 6.45) is 1.21. The smallest absolute Gasteiger partial charge is 0.278 e. The maximum Gasteiger partial charge on any atom is 0.278 e. The molecule has 1 amide bonds. The number of aliphatic carboxylic acids is 1. The van der Waals surface area contributed by atoms with Crippen LogP contribution in [0.3, 0.4) is 0 Å². The van der Waals surface area contributed by atoms with Gasteiger partial charge in [0.25, 0.3) is 5.91 Å². The molecular formula is C17H24N2O3. The third-order valence-corrected chi connectivity index (χ3v) is 4.38. The zero-order valence-electron chi connectivity index (χ0n) is 13.1. The predicted octanol–water partition coefficient (Wildman–Crippen LogP) is -0.920. The molecule has 1 aliphatic rings. The molecule has 0 saturated carbocycles. The Kier molecular flexibility index (Phi) is 5.95. The van der Waals surface area contributed by atoms with Gasteiger partial charge < -0.3 is 19.7 Å². The summed E-state index contributed by atoms with van der Waals surface area (Å²) in [7, 11) is 0. The number of nitrogens with one attached hydrogen (secondary N) is 1. The Morgan fingerprint density at radius 3 is 2.41 bits per heavy atom. The highest BCUT2D eigenvalue weighted by atomic mass is 16.4. The van der Waals surface area contributed by atoms with Gasteiger partial charge in [0.15, 0.2) is 6.54 Å². The molecule has 1 aromatic carbocycles. The number of nitrogens with zero attached hydrogens (tertiary/aromatic N) is 1. The molecule has 0 aromatic heterocycles. The van der Waals surface area contributed by atoms with Gasteiger partial charge >= 0.3 is 0 Å². The van der Waals surface area contributed by atoms with Gasteiger partial charge in [-0.05, 0) is 12.5 Å². The van der Waals surface area contributed by atoms with E-state index in [9.17, 15) is 14.7 Å². The number of likely N-dealkylation sites (tertiary alicyclic amines) is 1. The van der Waals surface area contributed by atoms with E-state index in [-0.39, 0.29) is 11.8 Å². The molecule has 5 heteroatoms. The average Bonchev–Trinajstić information content (AvgIpc) is 2.54. The van der Waals surface area contributed by atoms with Crippen molar-refractivity contribution in [3.63, 3.8) is 0 Å². The number of likely N-dealkylation sites (N-methyl/N-ethyl adjacent to an activating group) is 1. The summed E-state index contributed by atoms with van der Waals surface area (Å²) < 4.78 is 0. The molecular weight excluding hydrogens is 280 g/mol. The van der Waals surface area contributed by atoms with Crippen LogP contribution in [0.2, 0.25) is 0 Å². The van der Waals surface area contributed by atoms with E-state index in [1.54, 1.807) is 0 Å². The standard InChI is InChI=1S/C17H24N2O3/c1-2-19(12-14-6-4-3-5-7-14)16(20)13-18-10-8-15(9-11-18)17(21)22/h3-7,15H,2,8-13H2,1H3,(H,21,22). The van der Waals surface area contributed by atoms with Gasteiger partial charge in [-0.3, -0.25) is 4.79 Å². The van der Waals surface area contributed by atoms with E-state index in [1.807, 2.05) is 42.2 Å². The molecule has 1 saturated heterocycles. The highest BCUT2D eigenvalue weighted by Crippen LogP contribution is 2.08. The second kappa shape index (κ2) is 7.94. The van der Waals surface area contributed by atoms with E-state index in [2.05, 4.69) is 0 Å². The summed E-state index contributed by atoms with van der Waals surface area (Å²) in [5.41, 5.74) is 1.13. The summed E-state index contributed by atoms with van der Waals surface area (Å²) in [5.74, 6) is -1.16. The summed E-state index contributed by atoms with van der Waals surface area (Å²) in [6, 6.07) is 9.96. The molecule has 0 unspecified atom stereocenters. The second-order valence-corrected chi connectivity index (χ2v) is 5.91. The fourth-order valence-electron chi connectivity index (χ4n) is 2.94. The summed E-state index contributed by atoms with van der Waals surface area (Å²) in [4.78, 5) is 26.3. The Labute approximate surface area is 131 Å². The molecule has 2 rings (SSSR count). The van der Waals surface area contributed by atoms with Crippen LogP contribution in [0.25, 0.3) is 0 Å². The van der Waals surface area contributed by atoms with E-state index in [1.165, 1.54) is 4.90 Å². The predicted molar refractivity (Wildman–Crippen MR) is 80.8 cm³/mol. The minimum atomic E-state index is -0.954. The van der Waals surface area contributed by atoms with Crippen molar-refractivity contribution in [1.29, 1.82) is 0 Å². The first-order valence-electron chi connectivity index (χ1n) is 7.96.